The van der Waals surface area contributed by atoms with Crippen LogP contribution in [0.3, 0.4) is 0 Å². The summed E-state index contributed by atoms with van der Waals surface area (Å²) in [6, 6.07) is 30.7. The Morgan fingerprint density at radius 1 is 0.970 bits per heavy atom. The van der Waals surface area contributed by atoms with E-state index in [0.717, 1.165) is 5.88 Å². The van der Waals surface area contributed by atoms with E-state index in [4.69, 9.17) is 0 Å². The zero-order valence-corrected chi connectivity index (χ0v) is 20.2. The van der Waals surface area contributed by atoms with E-state index in [1.807, 2.05) is 41.8 Å². The topological polar surface area (TPSA) is 52.9 Å². The molecule has 1 N–H and O–H groups in total. The van der Waals surface area contributed by atoms with Crippen molar-refractivity contribution < 1.29 is 9.90 Å². The highest BCUT2D eigenvalue weighted by Gasteiger charge is 2.37. The van der Waals surface area contributed by atoms with Crippen LogP contribution in [0.25, 0.3) is 0 Å². The van der Waals surface area contributed by atoms with Gasteiger partial charge in [-0.1, -0.05) is 102 Å². The number of hydrogen-bond acceptors (Lipinski definition) is 4. The zero-order valence-electron chi connectivity index (χ0n) is 18.6. The first-order valence-corrected chi connectivity index (χ1v) is 13.3. The van der Waals surface area contributed by atoms with Crippen LogP contribution in [0.4, 0.5) is 0 Å². The summed E-state index contributed by atoms with van der Waals surface area (Å²) in [5, 5.41) is 11.8. The lowest BCUT2D eigenvalue weighted by Crippen LogP contribution is -2.27. The molecule has 2 atom stereocenters. The van der Waals surface area contributed by atoms with Crippen LogP contribution in [0, 0.1) is 0 Å². The molecule has 0 bridgehead atoms. The first kappa shape index (κ1) is 23.3. The maximum absolute atomic E-state index is 12.0. The molecule has 0 aliphatic carbocycles. The molecule has 0 saturated carbocycles. The van der Waals surface area contributed by atoms with E-state index < -0.39 is 16.8 Å². The van der Waals surface area contributed by atoms with Gasteiger partial charge in [-0.2, -0.15) is 0 Å². The molecule has 4 rings (SSSR count). The van der Waals surface area contributed by atoms with Crippen LogP contribution in [0.5, 0.6) is 0 Å². The van der Waals surface area contributed by atoms with Crippen LogP contribution < -0.4 is 0 Å². The highest BCUT2D eigenvalue weighted by atomic mass is 32.2. The Kier molecular flexibility index (Phi) is 7.68. The summed E-state index contributed by atoms with van der Waals surface area (Å²) in [6.07, 6.45) is 2.46. The quantitative estimate of drug-likeness (QED) is 0.401. The predicted molar refractivity (Wildman–Crippen MR) is 139 cm³/mol. The van der Waals surface area contributed by atoms with Crippen molar-refractivity contribution in [2.45, 2.75) is 17.2 Å². The molecule has 1 aliphatic rings. The summed E-state index contributed by atoms with van der Waals surface area (Å²) in [7, 11) is 1.62. The number of thioether (sulfide) groups is 1. The average Bonchev–Trinajstić information content (AvgIpc) is 3.27. The average molecular weight is 477 g/mol. The summed E-state index contributed by atoms with van der Waals surface area (Å²) in [5.41, 5.74) is 3.54. The third-order valence-corrected chi connectivity index (χ3v) is 8.82. The van der Waals surface area contributed by atoms with Gasteiger partial charge in [0.25, 0.3) is 0 Å². The molecular weight excluding hydrogens is 448 g/mol. The molecule has 1 aliphatic heterocycles. The van der Waals surface area contributed by atoms with Gasteiger partial charge in [0.15, 0.2) is 6.04 Å². The third kappa shape index (κ3) is 5.40. The Morgan fingerprint density at radius 3 is 1.85 bits per heavy atom. The molecule has 0 radical (unpaired) electrons. The molecule has 0 spiro atoms. The number of benzene rings is 3. The molecule has 3 aromatic carbocycles. The fourth-order valence-corrected chi connectivity index (χ4v) is 7.17. The minimum Gasteiger partial charge on any atom is -0.480 e. The molecule has 0 saturated heterocycles. The summed E-state index contributed by atoms with van der Waals surface area (Å²) in [6.45, 7) is 0. The Balaban J connectivity index is 1.68. The zero-order chi connectivity index (χ0) is 23.1. The first-order chi connectivity index (χ1) is 16.1. The molecule has 0 amide bonds. The van der Waals surface area contributed by atoms with Crippen molar-refractivity contribution in [3.63, 3.8) is 0 Å². The van der Waals surface area contributed by atoms with Gasteiger partial charge in [0, 0.05) is 13.2 Å². The van der Waals surface area contributed by atoms with Crippen LogP contribution in [-0.4, -0.2) is 40.7 Å². The van der Waals surface area contributed by atoms with E-state index in [-0.39, 0.29) is 10.7 Å². The van der Waals surface area contributed by atoms with Gasteiger partial charge in [-0.15, -0.1) is 11.8 Å². The molecule has 1 heterocycles. The second-order valence-electron chi connectivity index (χ2n) is 7.95. The molecule has 0 fully saturated rings. The maximum Gasteiger partial charge on any atom is 0.329 e. The maximum atomic E-state index is 12.0. The predicted octanol–water partition coefficient (Wildman–Crippen LogP) is 5.73. The second kappa shape index (κ2) is 10.9. The minimum atomic E-state index is -0.851. The lowest BCUT2D eigenvalue weighted by molar-refractivity contribution is -0.138. The highest BCUT2D eigenvalue weighted by molar-refractivity contribution is 8.00. The summed E-state index contributed by atoms with van der Waals surface area (Å²) in [5.74, 6) is 0.574. The number of nitrogens with zero attached hydrogens (tertiary/aromatic N) is 2. The number of carboxylic acid groups (broad SMARTS) is 1. The lowest BCUT2D eigenvalue weighted by Gasteiger charge is -2.35. The van der Waals surface area contributed by atoms with Gasteiger partial charge < -0.3 is 10.0 Å². The first-order valence-electron chi connectivity index (χ1n) is 10.9. The summed E-state index contributed by atoms with van der Waals surface area (Å²) < 4.78 is 4.21. The fourth-order valence-electron chi connectivity index (χ4n) is 4.01. The minimum absolute atomic E-state index is 0.360. The SMILES string of the molecule is CN1C=C[S@](=NC(CCSC(c2ccccc2)(c2ccccc2)c2ccccc2)C(=O)O)C1. The standard InChI is InChI=1S/C27H28N2O2S2/c1-29-18-20-33(21-29)28-25(26(30)31)17-19-32-27(22-11-5-2-6-12-22,23-13-7-3-8-14-23)24-15-9-4-10-16-24/h2-16,18,20,25H,17,19,21H2,1H3,(H,30,31)/t25?,33-/m0/s1. The van der Waals surface area contributed by atoms with E-state index in [1.54, 1.807) is 11.8 Å². The van der Waals surface area contributed by atoms with Crippen molar-refractivity contribution in [3.05, 3.63) is 119 Å². The Hall–Kier alpha value is -2.83. The highest BCUT2D eigenvalue weighted by Crippen LogP contribution is 2.48. The van der Waals surface area contributed by atoms with Gasteiger partial charge >= 0.3 is 5.97 Å². The molecule has 0 aromatic heterocycles. The fraction of sp³-hybridized carbons (Fsp3) is 0.222. The van der Waals surface area contributed by atoms with Gasteiger partial charge in [-0.25, -0.2) is 9.16 Å². The van der Waals surface area contributed by atoms with Crippen LogP contribution in [0.2, 0.25) is 0 Å². The van der Waals surface area contributed by atoms with Gasteiger partial charge in [0.1, 0.15) is 0 Å². The van der Waals surface area contributed by atoms with Crippen molar-refractivity contribution >= 4 is 28.4 Å². The number of aliphatic carboxylic acids is 1. The molecule has 3 aromatic rings. The van der Waals surface area contributed by atoms with Crippen molar-refractivity contribution in [2.24, 2.45) is 4.36 Å². The number of carbonyl (C=O) groups is 1. The van der Waals surface area contributed by atoms with E-state index >= 15 is 0 Å². The van der Waals surface area contributed by atoms with Crippen molar-refractivity contribution in [1.82, 2.24) is 4.90 Å². The molecular formula is C27H28N2O2S2. The largest absolute Gasteiger partial charge is 0.480 e. The van der Waals surface area contributed by atoms with Crippen LogP contribution >= 0.6 is 11.8 Å². The number of rotatable bonds is 9. The Labute approximate surface area is 202 Å². The smallest absolute Gasteiger partial charge is 0.329 e. The van der Waals surface area contributed by atoms with Gasteiger partial charge in [0.2, 0.25) is 0 Å². The Bertz CT molecular complexity index is 1020. The second-order valence-corrected chi connectivity index (χ2v) is 10.8. The van der Waals surface area contributed by atoms with Gasteiger partial charge in [-0.05, 0) is 34.3 Å². The molecule has 6 heteroatoms. The van der Waals surface area contributed by atoms with Crippen molar-refractivity contribution in [3.8, 4) is 0 Å². The monoisotopic (exact) mass is 476 g/mol. The summed E-state index contributed by atoms with van der Waals surface area (Å²) in [4.78, 5) is 14.0. The van der Waals surface area contributed by atoms with Gasteiger partial charge in [0.05, 0.1) is 10.6 Å². The lowest BCUT2D eigenvalue weighted by atomic mass is 9.84. The third-order valence-electron chi connectivity index (χ3n) is 5.61. The van der Waals surface area contributed by atoms with Crippen molar-refractivity contribution in [2.75, 3.05) is 18.7 Å². The Morgan fingerprint density at radius 2 is 1.45 bits per heavy atom. The van der Waals surface area contributed by atoms with E-state index in [9.17, 15) is 9.90 Å². The summed E-state index contributed by atoms with van der Waals surface area (Å²) >= 11 is 1.78. The van der Waals surface area contributed by atoms with Crippen molar-refractivity contribution in [1.29, 1.82) is 0 Å². The molecule has 1 unspecified atom stereocenters. The number of carboxylic acids is 1. The van der Waals surface area contributed by atoms with Crippen LogP contribution in [0.1, 0.15) is 23.1 Å². The van der Waals surface area contributed by atoms with E-state index in [2.05, 4.69) is 77.2 Å². The van der Waals surface area contributed by atoms with E-state index in [0.29, 0.717) is 12.2 Å². The normalized spacial score (nSPS) is 16.8. The van der Waals surface area contributed by atoms with Crippen LogP contribution in [0.15, 0.2) is 107 Å². The van der Waals surface area contributed by atoms with Gasteiger partial charge in [-0.3, -0.25) is 0 Å². The molecule has 33 heavy (non-hydrogen) atoms. The molecule has 170 valence electrons. The number of hydrogen-bond donors (Lipinski definition) is 1. The van der Waals surface area contributed by atoms with Crippen LogP contribution in [-0.2, 0) is 20.2 Å². The molecule has 4 nitrogen and oxygen atoms in total. The van der Waals surface area contributed by atoms with E-state index in [1.165, 1.54) is 16.7 Å².